The predicted octanol–water partition coefficient (Wildman–Crippen LogP) is 1.60. The summed E-state index contributed by atoms with van der Waals surface area (Å²) in [5, 5.41) is 2.94. The van der Waals surface area contributed by atoms with Crippen LogP contribution >= 0.6 is 0 Å². The van der Waals surface area contributed by atoms with Crippen LogP contribution in [-0.2, 0) is 18.9 Å². The number of rotatable bonds is 4. The van der Waals surface area contributed by atoms with E-state index in [0.717, 1.165) is 5.56 Å². The molecule has 1 amide bonds. The van der Waals surface area contributed by atoms with Gasteiger partial charge in [-0.1, -0.05) is 48.5 Å². The number of nitrogens with one attached hydrogen (secondary N) is 1. The van der Waals surface area contributed by atoms with Gasteiger partial charge in [-0.15, -0.1) is 0 Å². The molecule has 2 fully saturated rings. The number of carbonyl (C=O) groups excluding carboxylic acids is 1. The van der Waals surface area contributed by atoms with Crippen LogP contribution in [0.4, 0.5) is 0 Å². The van der Waals surface area contributed by atoms with Gasteiger partial charge in [0.05, 0.1) is 18.7 Å². The molecule has 2 aliphatic rings. The molecule has 0 spiro atoms. The molecule has 4 rings (SSSR count). The highest BCUT2D eigenvalue weighted by atomic mass is 16.7. The molecule has 0 bridgehead atoms. The Balaban J connectivity index is 1.50. The lowest BCUT2D eigenvalue weighted by Gasteiger charge is -2.48. The van der Waals surface area contributed by atoms with Crippen molar-refractivity contribution >= 4 is 5.91 Å². The molecule has 2 aromatic rings. The molecule has 2 heterocycles. The van der Waals surface area contributed by atoms with E-state index in [2.05, 4.69) is 5.32 Å². The van der Waals surface area contributed by atoms with E-state index in [0.29, 0.717) is 12.2 Å². The Labute approximate surface area is 163 Å². The molecule has 0 aliphatic carbocycles. The first-order chi connectivity index (χ1) is 13.7. The van der Waals surface area contributed by atoms with Gasteiger partial charge in [0.25, 0.3) is 5.91 Å². The van der Waals surface area contributed by atoms with E-state index in [1.54, 1.807) is 12.1 Å². The Bertz CT molecular complexity index is 788. The summed E-state index contributed by atoms with van der Waals surface area (Å²) in [4.78, 5) is 12.6. The second kappa shape index (κ2) is 8.38. The fourth-order valence-corrected chi connectivity index (χ4v) is 3.62. The van der Waals surface area contributed by atoms with Crippen molar-refractivity contribution in [2.45, 2.75) is 36.9 Å². The monoisotopic (exact) mass is 384 g/mol. The lowest BCUT2D eigenvalue weighted by Crippen LogP contribution is -2.69. The molecule has 6 atom stereocenters. The molecular weight excluding hydrogens is 360 g/mol. The predicted molar refractivity (Wildman–Crippen MR) is 101 cm³/mol. The third kappa shape index (κ3) is 3.80. The summed E-state index contributed by atoms with van der Waals surface area (Å²) in [7, 11) is 1.52. The summed E-state index contributed by atoms with van der Waals surface area (Å²) in [5.74, 6) is -0.239. The maximum atomic E-state index is 12.6. The van der Waals surface area contributed by atoms with Crippen LogP contribution in [0.1, 0.15) is 22.2 Å². The number of methoxy groups -OCH3 is 1. The Morgan fingerprint density at radius 2 is 1.75 bits per heavy atom. The summed E-state index contributed by atoms with van der Waals surface area (Å²) in [6.45, 7) is 0.330. The summed E-state index contributed by atoms with van der Waals surface area (Å²) < 4.78 is 23.4. The van der Waals surface area contributed by atoms with Crippen LogP contribution in [0.15, 0.2) is 60.7 Å². The molecule has 0 radical (unpaired) electrons. The molecule has 7 heteroatoms. The Morgan fingerprint density at radius 1 is 1.07 bits per heavy atom. The summed E-state index contributed by atoms with van der Waals surface area (Å²) in [5.41, 5.74) is 7.96. The second-order valence-corrected chi connectivity index (χ2v) is 6.90. The Kier molecular flexibility index (Phi) is 5.70. The van der Waals surface area contributed by atoms with Crippen LogP contribution in [0.5, 0.6) is 0 Å². The van der Waals surface area contributed by atoms with Gasteiger partial charge in [0.1, 0.15) is 12.2 Å². The number of amides is 1. The molecule has 2 saturated heterocycles. The molecule has 0 saturated carbocycles. The molecular formula is C21H24N2O5. The third-order valence-electron chi connectivity index (χ3n) is 5.09. The van der Waals surface area contributed by atoms with Crippen LogP contribution in [0.25, 0.3) is 0 Å². The largest absolute Gasteiger partial charge is 0.354 e. The number of hydrogen-bond acceptors (Lipinski definition) is 6. The average molecular weight is 384 g/mol. The number of hydrogen-bond donors (Lipinski definition) is 2. The van der Waals surface area contributed by atoms with Crippen LogP contribution in [0.2, 0.25) is 0 Å². The van der Waals surface area contributed by atoms with Gasteiger partial charge in [-0.05, 0) is 12.1 Å². The zero-order chi connectivity index (χ0) is 19.5. The van der Waals surface area contributed by atoms with Gasteiger partial charge in [0.15, 0.2) is 12.6 Å². The lowest BCUT2D eigenvalue weighted by molar-refractivity contribution is -0.322. The van der Waals surface area contributed by atoms with E-state index in [1.165, 1.54) is 7.11 Å². The first kappa shape index (κ1) is 19.0. The summed E-state index contributed by atoms with van der Waals surface area (Å²) in [6, 6.07) is 17.5. The SMILES string of the molecule is CO[C@@H]1O[C@@H]2CO[C@H](c3ccccc3)O[C@H]2[C@H](N)[C@@H]1NC(=O)c1ccccc1. The van der Waals surface area contributed by atoms with Gasteiger partial charge < -0.3 is 30.0 Å². The summed E-state index contributed by atoms with van der Waals surface area (Å²) in [6.07, 6.45) is -2.03. The number of ether oxygens (including phenoxy) is 4. The Hall–Kier alpha value is -2.29. The van der Waals surface area contributed by atoms with Crippen LogP contribution in [0, 0.1) is 0 Å². The van der Waals surface area contributed by atoms with Crippen molar-refractivity contribution in [1.29, 1.82) is 0 Å². The lowest BCUT2D eigenvalue weighted by atomic mass is 9.93. The fourth-order valence-electron chi connectivity index (χ4n) is 3.62. The van der Waals surface area contributed by atoms with Crippen molar-refractivity contribution in [1.82, 2.24) is 5.32 Å². The molecule has 28 heavy (non-hydrogen) atoms. The molecule has 148 valence electrons. The Morgan fingerprint density at radius 3 is 2.43 bits per heavy atom. The molecule has 2 aliphatic heterocycles. The topological polar surface area (TPSA) is 92.0 Å². The van der Waals surface area contributed by atoms with Crippen molar-refractivity contribution in [3.63, 3.8) is 0 Å². The third-order valence-corrected chi connectivity index (χ3v) is 5.09. The van der Waals surface area contributed by atoms with E-state index in [4.69, 9.17) is 24.7 Å². The number of carbonyl (C=O) groups is 1. The van der Waals surface area contributed by atoms with Gasteiger partial charge in [-0.2, -0.15) is 0 Å². The highest BCUT2D eigenvalue weighted by molar-refractivity contribution is 5.94. The quantitative estimate of drug-likeness (QED) is 0.832. The number of fused-ring (bicyclic) bond motifs is 1. The molecule has 0 aromatic heterocycles. The zero-order valence-corrected chi connectivity index (χ0v) is 15.6. The first-order valence-electron chi connectivity index (χ1n) is 9.29. The maximum absolute atomic E-state index is 12.6. The minimum atomic E-state index is -0.690. The van der Waals surface area contributed by atoms with Crippen LogP contribution < -0.4 is 11.1 Å². The van der Waals surface area contributed by atoms with Gasteiger partial charge in [-0.3, -0.25) is 4.79 Å². The van der Waals surface area contributed by atoms with Crippen molar-refractivity contribution < 1.29 is 23.7 Å². The van der Waals surface area contributed by atoms with Gasteiger partial charge >= 0.3 is 0 Å². The second-order valence-electron chi connectivity index (χ2n) is 6.90. The van der Waals surface area contributed by atoms with Crippen LogP contribution in [-0.4, -0.2) is 50.2 Å². The zero-order valence-electron chi connectivity index (χ0n) is 15.6. The number of benzene rings is 2. The first-order valence-corrected chi connectivity index (χ1v) is 9.29. The molecule has 7 nitrogen and oxygen atoms in total. The van der Waals surface area contributed by atoms with Gasteiger partial charge in [0, 0.05) is 18.2 Å². The van der Waals surface area contributed by atoms with Crippen molar-refractivity contribution in [2.24, 2.45) is 5.73 Å². The van der Waals surface area contributed by atoms with E-state index < -0.39 is 30.8 Å². The standard InChI is InChI=1S/C21H24N2O5/c1-25-21-17(23-19(24)13-8-4-2-5-9-13)16(22)18-15(27-21)12-26-20(28-18)14-10-6-3-7-11-14/h2-11,15-18,20-21H,12,22H2,1H3,(H,23,24)/t15-,16-,17+,18-,20+,21-/m1/s1. The molecule has 2 aromatic carbocycles. The van der Waals surface area contributed by atoms with E-state index in [1.807, 2.05) is 48.5 Å². The van der Waals surface area contributed by atoms with Crippen LogP contribution in [0.3, 0.4) is 0 Å². The van der Waals surface area contributed by atoms with E-state index in [9.17, 15) is 4.79 Å². The van der Waals surface area contributed by atoms with Crippen molar-refractivity contribution in [3.05, 3.63) is 71.8 Å². The van der Waals surface area contributed by atoms with Crippen molar-refractivity contribution in [2.75, 3.05) is 13.7 Å². The normalized spacial score (nSPS) is 32.4. The highest BCUT2D eigenvalue weighted by Gasteiger charge is 2.49. The van der Waals surface area contributed by atoms with E-state index in [-0.39, 0.29) is 12.0 Å². The fraction of sp³-hybridized carbons (Fsp3) is 0.381. The number of nitrogens with two attached hydrogens (primary N) is 1. The van der Waals surface area contributed by atoms with Gasteiger partial charge in [0.2, 0.25) is 0 Å². The maximum Gasteiger partial charge on any atom is 0.251 e. The smallest absolute Gasteiger partial charge is 0.251 e. The van der Waals surface area contributed by atoms with E-state index >= 15 is 0 Å². The van der Waals surface area contributed by atoms with Gasteiger partial charge in [-0.25, -0.2) is 0 Å². The average Bonchev–Trinajstić information content (AvgIpc) is 2.76. The molecule has 3 N–H and O–H groups in total. The molecule has 0 unspecified atom stereocenters. The minimum Gasteiger partial charge on any atom is -0.354 e. The summed E-state index contributed by atoms with van der Waals surface area (Å²) >= 11 is 0. The highest BCUT2D eigenvalue weighted by Crippen LogP contribution is 2.33. The van der Waals surface area contributed by atoms with Crippen molar-refractivity contribution in [3.8, 4) is 0 Å². The minimum absolute atomic E-state index is 0.239.